The second-order valence-corrected chi connectivity index (χ2v) is 6.04. The van der Waals surface area contributed by atoms with Gasteiger partial charge in [-0.3, -0.25) is 0 Å². The minimum Gasteiger partial charge on any atom is -0.331 e. The van der Waals surface area contributed by atoms with Crippen molar-refractivity contribution in [2.45, 2.75) is 13.8 Å². The average Bonchev–Trinajstić information content (AvgIpc) is 2.75. The Labute approximate surface area is 121 Å². The van der Waals surface area contributed by atoms with Crippen molar-refractivity contribution in [3.05, 3.63) is 52.5 Å². The number of nitrogens with one attached hydrogen (secondary N) is 1. The monoisotopic (exact) mass is 288 g/mol. The molecule has 0 saturated carbocycles. The first kappa shape index (κ1) is 12.5. The van der Waals surface area contributed by atoms with Gasteiger partial charge in [-0.05, 0) is 49.2 Å². The number of anilines is 2. The van der Waals surface area contributed by atoms with Gasteiger partial charge in [0.15, 0.2) is 5.13 Å². The summed E-state index contributed by atoms with van der Waals surface area (Å²) in [6.07, 6.45) is 0. The number of thiazole rings is 1. The lowest BCUT2D eigenvalue weighted by Crippen LogP contribution is -1.92. The van der Waals surface area contributed by atoms with E-state index in [1.165, 1.54) is 10.3 Å². The summed E-state index contributed by atoms with van der Waals surface area (Å²) in [4.78, 5) is 4.60. The van der Waals surface area contributed by atoms with E-state index in [0.717, 1.165) is 26.9 Å². The summed E-state index contributed by atoms with van der Waals surface area (Å²) < 4.78 is 1.19. The van der Waals surface area contributed by atoms with Crippen molar-refractivity contribution >= 4 is 44.0 Å². The number of aryl methyl sites for hydroxylation is 2. The molecule has 0 fully saturated rings. The lowest BCUT2D eigenvalue weighted by molar-refractivity contribution is 1.39. The van der Waals surface area contributed by atoms with Gasteiger partial charge >= 0.3 is 0 Å². The van der Waals surface area contributed by atoms with Crippen molar-refractivity contribution in [2.75, 3.05) is 5.32 Å². The summed E-state index contributed by atoms with van der Waals surface area (Å²) in [6.45, 7) is 4.13. The molecule has 0 aliphatic rings. The molecular formula is C15H13ClN2S. The van der Waals surface area contributed by atoms with E-state index in [0.29, 0.717) is 0 Å². The topological polar surface area (TPSA) is 24.9 Å². The molecule has 0 spiro atoms. The van der Waals surface area contributed by atoms with E-state index in [4.69, 9.17) is 11.6 Å². The van der Waals surface area contributed by atoms with E-state index < -0.39 is 0 Å². The number of hydrogen-bond acceptors (Lipinski definition) is 3. The standard InChI is InChI=1S/C15H13ClN2S/c1-9-3-6-14-13(7-9)18-15(19-14)17-12-8-11(16)5-4-10(12)2/h3-8H,1-2H3,(H,17,18). The fourth-order valence-electron chi connectivity index (χ4n) is 1.94. The Balaban J connectivity index is 1.98. The highest BCUT2D eigenvalue weighted by atomic mass is 35.5. The third-order valence-corrected chi connectivity index (χ3v) is 4.17. The van der Waals surface area contributed by atoms with Crippen LogP contribution in [0.25, 0.3) is 10.2 Å². The van der Waals surface area contributed by atoms with Gasteiger partial charge in [-0.15, -0.1) is 0 Å². The number of rotatable bonds is 2. The van der Waals surface area contributed by atoms with Gasteiger partial charge in [-0.25, -0.2) is 4.98 Å². The maximum Gasteiger partial charge on any atom is 0.188 e. The first-order valence-corrected chi connectivity index (χ1v) is 7.21. The smallest absolute Gasteiger partial charge is 0.188 e. The van der Waals surface area contributed by atoms with E-state index in [2.05, 4.69) is 42.3 Å². The molecule has 0 aliphatic carbocycles. The second-order valence-electron chi connectivity index (χ2n) is 4.57. The predicted molar refractivity (Wildman–Crippen MR) is 83.8 cm³/mol. The summed E-state index contributed by atoms with van der Waals surface area (Å²) in [5.41, 5.74) is 4.42. The van der Waals surface area contributed by atoms with Crippen molar-refractivity contribution in [2.24, 2.45) is 0 Å². The molecule has 0 atom stereocenters. The van der Waals surface area contributed by atoms with Gasteiger partial charge in [-0.2, -0.15) is 0 Å². The van der Waals surface area contributed by atoms with Crippen molar-refractivity contribution in [3.8, 4) is 0 Å². The van der Waals surface area contributed by atoms with Gasteiger partial charge in [0.05, 0.1) is 10.2 Å². The van der Waals surface area contributed by atoms with Crippen molar-refractivity contribution < 1.29 is 0 Å². The Bertz CT molecular complexity index is 749. The van der Waals surface area contributed by atoms with Gasteiger partial charge in [0.1, 0.15) is 0 Å². The molecule has 3 rings (SSSR count). The Morgan fingerprint density at radius 1 is 1.11 bits per heavy atom. The number of fused-ring (bicyclic) bond motifs is 1. The molecule has 2 aromatic carbocycles. The third kappa shape index (κ3) is 2.57. The van der Waals surface area contributed by atoms with Crippen LogP contribution in [0.3, 0.4) is 0 Å². The third-order valence-electron chi connectivity index (χ3n) is 2.98. The highest BCUT2D eigenvalue weighted by Gasteiger charge is 2.06. The van der Waals surface area contributed by atoms with Crippen LogP contribution in [-0.4, -0.2) is 4.98 Å². The number of benzene rings is 2. The number of nitrogens with zero attached hydrogens (tertiary/aromatic N) is 1. The van der Waals surface area contributed by atoms with E-state index in [9.17, 15) is 0 Å². The van der Waals surface area contributed by atoms with Gasteiger partial charge in [0.2, 0.25) is 0 Å². The van der Waals surface area contributed by atoms with Crippen LogP contribution in [0.4, 0.5) is 10.8 Å². The van der Waals surface area contributed by atoms with Crippen LogP contribution in [0.15, 0.2) is 36.4 Å². The predicted octanol–water partition coefficient (Wildman–Crippen LogP) is 5.31. The fourth-order valence-corrected chi connectivity index (χ4v) is 2.97. The van der Waals surface area contributed by atoms with E-state index in [1.54, 1.807) is 11.3 Å². The molecular weight excluding hydrogens is 276 g/mol. The summed E-state index contributed by atoms with van der Waals surface area (Å²) >= 11 is 7.68. The number of hydrogen-bond donors (Lipinski definition) is 1. The zero-order chi connectivity index (χ0) is 13.4. The summed E-state index contributed by atoms with van der Waals surface area (Å²) in [5, 5.41) is 4.97. The molecule has 1 N–H and O–H groups in total. The normalized spacial score (nSPS) is 10.9. The van der Waals surface area contributed by atoms with Crippen molar-refractivity contribution in [3.63, 3.8) is 0 Å². The Kier molecular flexibility index (Phi) is 3.17. The number of halogens is 1. The minimum atomic E-state index is 0.727. The molecule has 0 amide bonds. The molecule has 0 unspecified atom stereocenters. The van der Waals surface area contributed by atoms with Gasteiger partial charge in [0, 0.05) is 10.7 Å². The van der Waals surface area contributed by atoms with Crippen LogP contribution < -0.4 is 5.32 Å². The van der Waals surface area contributed by atoms with Crippen LogP contribution in [0.5, 0.6) is 0 Å². The largest absolute Gasteiger partial charge is 0.331 e. The Morgan fingerprint density at radius 2 is 1.95 bits per heavy atom. The van der Waals surface area contributed by atoms with Crippen molar-refractivity contribution in [1.82, 2.24) is 4.98 Å². The highest BCUT2D eigenvalue weighted by molar-refractivity contribution is 7.22. The molecule has 19 heavy (non-hydrogen) atoms. The summed E-state index contributed by atoms with van der Waals surface area (Å²) in [6, 6.07) is 12.1. The van der Waals surface area contributed by atoms with E-state index in [-0.39, 0.29) is 0 Å². The summed E-state index contributed by atoms with van der Waals surface area (Å²) in [7, 11) is 0. The van der Waals surface area contributed by atoms with Crippen LogP contribution in [0.1, 0.15) is 11.1 Å². The summed E-state index contributed by atoms with van der Waals surface area (Å²) in [5.74, 6) is 0. The van der Waals surface area contributed by atoms with Crippen LogP contribution in [0, 0.1) is 13.8 Å². The average molecular weight is 289 g/mol. The van der Waals surface area contributed by atoms with Crippen LogP contribution in [0.2, 0.25) is 5.02 Å². The SMILES string of the molecule is Cc1ccc2sc(Nc3cc(Cl)ccc3C)nc2c1. The maximum atomic E-state index is 6.03. The molecule has 96 valence electrons. The molecule has 1 aromatic heterocycles. The molecule has 0 aliphatic heterocycles. The Morgan fingerprint density at radius 3 is 2.79 bits per heavy atom. The van der Waals surface area contributed by atoms with E-state index in [1.807, 2.05) is 18.2 Å². The van der Waals surface area contributed by atoms with Crippen molar-refractivity contribution in [1.29, 1.82) is 0 Å². The minimum absolute atomic E-state index is 0.727. The molecule has 0 radical (unpaired) electrons. The lowest BCUT2D eigenvalue weighted by atomic mass is 10.2. The van der Waals surface area contributed by atoms with E-state index >= 15 is 0 Å². The van der Waals surface area contributed by atoms with Gasteiger partial charge in [0.25, 0.3) is 0 Å². The van der Waals surface area contributed by atoms with Crippen LogP contribution >= 0.6 is 22.9 Å². The van der Waals surface area contributed by atoms with Gasteiger partial charge in [-0.1, -0.05) is 35.1 Å². The fraction of sp³-hybridized carbons (Fsp3) is 0.133. The zero-order valence-electron chi connectivity index (χ0n) is 10.7. The molecule has 1 heterocycles. The molecule has 4 heteroatoms. The van der Waals surface area contributed by atoms with Crippen LogP contribution in [-0.2, 0) is 0 Å². The van der Waals surface area contributed by atoms with Gasteiger partial charge < -0.3 is 5.32 Å². The maximum absolute atomic E-state index is 6.03. The molecule has 3 aromatic rings. The highest BCUT2D eigenvalue weighted by Crippen LogP contribution is 2.30. The molecule has 2 nitrogen and oxygen atoms in total. The zero-order valence-corrected chi connectivity index (χ0v) is 12.3. The molecule has 0 saturated heterocycles. The second kappa shape index (κ2) is 4.83. The first-order valence-electron chi connectivity index (χ1n) is 6.02. The number of aromatic nitrogens is 1. The Hall–Kier alpha value is -1.58. The quantitative estimate of drug-likeness (QED) is 0.691. The first-order chi connectivity index (χ1) is 9.11. The lowest BCUT2D eigenvalue weighted by Gasteiger charge is -2.06. The molecule has 0 bridgehead atoms.